The van der Waals surface area contributed by atoms with Crippen LogP contribution in [0, 0.1) is 0 Å². The fourth-order valence-corrected chi connectivity index (χ4v) is 3.40. The SMILES string of the molecule is C1=CNC(c2ccccc2Nc2nc(-c3ccccc3)cs2)=CC1.Cl. The normalized spacial score (nSPS) is 12.7. The molecule has 1 aliphatic rings. The maximum absolute atomic E-state index is 4.72. The van der Waals surface area contributed by atoms with Crippen LogP contribution in [0.5, 0.6) is 0 Å². The molecule has 0 saturated heterocycles. The second-order valence-corrected chi connectivity index (χ2v) is 6.33. The Kier molecular flexibility index (Phi) is 5.53. The minimum atomic E-state index is 0. The fourth-order valence-electron chi connectivity index (χ4n) is 2.66. The Bertz CT molecular complexity index is 900. The van der Waals surface area contributed by atoms with Crippen molar-refractivity contribution in [2.45, 2.75) is 6.42 Å². The number of benzene rings is 2. The van der Waals surface area contributed by atoms with Crippen molar-refractivity contribution in [1.82, 2.24) is 10.3 Å². The van der Waals surface area contributed by atoms with Crippen molar-refractivity contribution in [3.05, 3.63) is 83.9 Å². The van der Waals surface area contributed by atoms with Gasteiger partial charge in [-0.2, -0.15) is 0 Å². The van der Waals surface area contributed by atoms with Gasteiger partial charge in [-0.15, -0.1) is 23.7 Å². The summed E-state index contributed by atoms with van der Waals surface area (Å²) in [6.45, 7) is 0. The van der Waals surface area contributed by atoms with Gasteiger partial charge in [-0.3, -0.25) is 0 Å². The lowest BCUT2D eigenvalue weighted by atomic mass is 10.1. The minimum Gasteiger partial charge on any atom is -0.362 e. The summed E-state index contributed by atoms with van der Waals surface area (Å²) in [5, 5.41) is 9.76. The first-order valence-electron chi connectivity index (χ1n) is 7.89. The topological polar surface area (TPSA) is 37.0 Å². The lowest BCUT2D eigenvalue weighted by Gasteiger charge is -2.15. The second kappa shape index (κ2) is 8.01. The van der Waals surface area contributed by atoms with Gasteiger partial charge in [0.25, 0.3) is 0 Å². The van der Waals surface area contributed by atoms with E-state index in [-0.39, 0.29) is 12.4 Å². The molecule has 25 heavy (non-hydrogen) atoms. The van der Waals surface area contributed by atoms with Crippen LogP contribution in [0.2, 0.25) is 0 Å². The molecule has 3 aromatic rings. The number of hydrogen-bond donors (Lipinski definition) is 2. The van der Waals surface area contributed by atoms with Crippen molar-refractivity contribution in [2.75, 3.05) is 5.32 Å². The Labute approximate surface area is 157 Å². The average Bonchev–Trinajstić information content (AvgIpc) is 3.12. The van der Waals surface area contributed by atoms with Crippen molar-refractivity contribution < 1.29 is 0 Å². The van der Waals surface area contributed by atoms with E-state index in [0.29, 0.717) is 0 Å². The Hall–Kier alpha value is -2.56. The van der Waals surface area contributed by atoms with Gasteiger partial charge in [-0.25, -0.2) is 4.98 Å². The Morgan fingerprint density at radius 2 is 1.80 bits per heavy atom. The highest BCUT2D eigenvalue weighted by atomic mass is 35.5. The van der Waals surface area contributed by atoms with Crippen molar-refractivity contribution in [3.63, 3.8) is 0 Å². The number of nitrogens with zero attached hydrogens (tertiary/aromatic N) is 1. The quantitative estimate of drug-likeness (QED) is 0.609. The first kappa shape index (κ1) is 17.3. The molecule has 1 aromatic heterocycles. The van der Waals surface area contributed by atoms with Crippen LogP contribution in [0.4, 0.5) is 10.8 Å². The lowest BCUT2D eigenvalue weighted by molar-refractivity contribution is 1.13. The summed E-state index contributed by atoms with van der Waals surface area (Å²) < 4.78 is 0. The van der Waals surface area contributed by atoms with Crippen molar-refractivity contribution in [1.29, 1.82) is 0 Å². The highest BCUT2D eigenvalue weighted by molar-refractivity contribution is 7.14. The number of thiazole rings is 1. The second-order valence-electron chi connectivity index (χ2n) is 5.47. The number of halogens is 1. The average molecular weight is 368 g/mol. The third-order valence-electron chi connectivity index (χ3n) is 3.85. The lowest BCUT2D eigenvalue weighted by Crippen LogP contribution is -2.08. The molecule has 0 bridgehead atoms. The molecule has 126 valence electrons. The van der Waals surface area contributed by atoms with Gasteiger partial charge < -0.3 is 10.6 Å². The van der Waals surface area contributed by atoms with Gasteiger partial charge in [-0.1, -0.05) is 60.7 Å². The van der Waals surface area contributed by atoms with Crippen LogP contribution >= 0.6 is 23.7 Å². The molecule has 0 unspecified atom stereocenters. The maximum atomic E-state index is 4.72. The number of hydrogen-bond acceptors (Lipinski definition) is 4. The van der Waals surface area contributed by atoms with Crippen molar-refractivity contribution in [2.24, 2.45) is 0 Å². The van der Waals surface area contributed by atoms with E-state index < -0.39 is 0 Å². The maximum Gasteiger partial charge on any atom is 0.187 e. The number of dihydropyridines is 1. The summed E-state index contributed by atoms with van der Waals surface area (Å²) >= 11 is 1.62. The van der Waals surface area contributed by atoms with Gasteiger partial charge in [0.2, 0.25) is 0 Å². The zero-order valence-electron chi connectivity index (χ0n) is 13.5. The number of nitrogens with one attached hydrogen (secondary N) is 2. The third kappa shape index (κ3) is 3.92. The Morgan fingerprint density at radius 3 is 2.60 bits per heavy atom. The van der Waals surface area contributed by atoms with E-state index in [1.54, 1.807) is 11.3 Å². The van der Waals surface area contributed by atoms with Crippen LogP contribution in [0.1, 0.15) is 12.0 Å². The van der Waals surface area contributed by atoms with E-state index >= 15 is 0 Å². The summed E-state index contributed by atoms with van der Waals surface area (Å²) in [5.41, 5.74) is 5.47. The van der Waals surface area contributed by atoms with Gasteiger partial charge in [0.05, 0.1) is 5.69 Å². The minimum absolute atomic E-state index is 0. The van der Waals surface area contributed by atoms with Crippen LogP contribution in [0.25, 0.3) is 17.0 Å². The van der Waals surface area contributed by atoms with Crippen LogP contribution in [0.3, 0.4) is 0 Å². The third-order valence-corrected chi connectivity index (χ3v) is 4.61. The zero-order valence-corrected chi connectivity index (χ0v) is 15.1. The van der Waals surface area contributed by atoms with E-state index in [1.165, 1.54) is 0 Å². The highest BCUT2D eigenvalue weighted by Gasteiger charge is 2.10. The summed E-state index contributed by atoms with van der Waals surface area (Å²) in [5.74, 6) is 0. The van der Waals surface area contributed by atoms with E-state index in [4.69, 9.17) is 4.98 Å². The molecule has 0 radical (unpaired) electrons. The highest BCUT2D eigenvalue weighted by Crippen LogP contribution is 2.30. The molecule has 5 heteroatoms. The summed E-state index contributed by atoms with van der Waals surface area (Å²) in [4.78, 5) is 4.72. The van der Waals surface area contributed by atoms with Crippen LogP contribution < -0.4 is 10.6 Å². The van der Waals surface area contributed by atoms with Crippen LogP contribution in [0.15, 0.2) is 78.3 Å². The standard InChI is InChI=1S/C20H17N3S.ClH/c1-2-8-15(9-3-1)19-14-24-20(23-19)22-18-12-5-4-10-16(18)17-11-6-7-13-21-17;/h1-5,7-14,21H,6H2,(H,22,23);1H. The molecule has 2 heterocycles. The van der Waals surface area contributed by atoms with Gasteiger partial charge in [0, 0.05) is 27.9 Å². The van der Waals surface area contributed by atoms with E-state index in [9.17, 15) is 0 Å². The fraction of sp³-hybridized carbons (Fsp3) is 0.0500. The summed E-state index contributed by atoms with van der Waals surface area (Å²) in [6.07, 6.45) is 7.24. The van der Waals surface area contributed by atoms with E-state index in [0.717, 1.165) is 39.8 Å². The molecule has 0 atom stereocenters. The molecule has 4 rings (SSSR count). The molecule has 0 saturated carbocycles. The van der Waals surface area contributed by atoms with Gasteiger partial charge in [0.1, 0.15) is 0 Å². The van der Waals surface area contributed by atoms with E-state index in [2.05, 4.69) is 58.5 Å². The van der Waals surface area contributed by atoms with Gasteiger partial charge in [-0.05, 0) is 18.7 Å². The first-order chi connectivity index (χ1) is 11.9. The summed E-state index contributed by atoms with van der Waals surface area (Å²) in [7, 11) is 0. The Morgan fingerprint density at radius 1 is 1.00 bits per heavy atom. The Balaban J connectivity index is 0.00000182. The molecule has 0 aliphatic carbocycles. The molecule has 0 amide bonds. The van der Waals surface area contributed by atoms with E-state index in [1.807, 2.05) is 30.5 Å². The molecule has 0 fully saturated rings. The van der Waals surface area contributed by atoms with Crippen molar-refractivity contribution in [3.8, 4) is 11.3 Å². The predicted molar refractivity (Wildman–Crippen MR) is 109 cm³/mol. The van der Waals surface area contributed by atoms with Gasteiger partial charge >= 0.3 is 0 Å². The van der Waals surface area contributed by atoms with Crippen LogP contribution in [-0.4, -0.2) is 4.98 Å². The molecule has 0 spiro atoms. The number of anilines is 2. The molecule has 1 aliphatic heterocycles. The summed E-state index contributed by atoms with van der Waals surface area (Å²) in [6, 6.07) is 18.5. The number of rotatable bonds is 4. The smallest absolute Gasteiger partial charge is 0.187 e. The number of allylic oxidation sites excluding steroid dienone is 2. The molecule has 2 aromatic carbocycles. The monoisotopic (exact) mass is 367 g/mol. The molecular formula is C20H18ClN3S. The first-order valence-corrected chi connectivity index (χ1v) is 8.77. The zero-order chi connectivity index (χ0) is 16.2. The number of aromatic nitrogens is 1. The molecular weight excluding hydrogens is 350 g/mol. The molecule has 3 nitrogen and oxygen atoms in total. The largest absolute Gasteiger partial charge is 0.362 e. The number of para-hydroxylation sites is 1. The van der Waals surface area contributed by atoms with Crippen LogP contribution in [-0.2, 0) is 0 Å². The van der Waals surface area contributed by atoms with Crippen molar-refractivity contribution >= 4 is 40.3 Å². The predicted octanol–water partition coefficient (Wildman–Crippen LogP) is 5.82. The molecule has 2 N–H and O–H groups in total. The van der Waals surface area contributed by atoms with Gasteiger partial charge in [0.15, 0.2) is 5.13 Å².